The fourth-order valence-electron chi connectivity index (χ4n) is 1.98. The van der Waals surface area contributed by atoms with Crippen LogP contribution < -0.4 is 4.90 Å². The third kappa shape index (κ3) is 3.64. The summed E-state index contributed by atoms with van der Waals surface area (Å²) in [6, 6.07) is 1.61. The molecule has 1 atom stereocenters. The van der Waals surface area contributed by atoms with E-state index in [0.717, 1.165) is 0 Å². The average Bonchev–Trinajstić information content (AvgIpc) is 2.61. The van der Waals surface area contributed by atoms with Gasteiger partial charge in [-0.15, -0.1) is 3.89 Å². The molecule has 0 bridgehead atoms. The summed E-state index contributed by atoms with van der Waals surface area (Å²) in [5.74, 6) is -1.45. The summed E-state index contributed by atoms with van der Waals surface area (Å²) in [5.41, 5.74) is 0.500. The zero-order valence-electron chi connectivity index (χ0n) is 9.51. The molecule has 0 saturated carbocycles. The number of amides is 1. The topological polar surface area (TPSA) is 67.3 Å². The second kappa shape index (κ2) is 5.34. The average molecular weight is 372 g/mol. The van der Waals surface area contributed by atoms with Crippen LogP contribution in [0, 0.1) is 5.92 Å². The Balaban J connectivity index is 2.18. The van der Waals surface area contributed by atoms with Gasteiger partial charge in [-0.1, -0.05) is 11.6 Å². The van der Waals surface area contributed by atoms with Crippen LogP contribution in [-0.2, 0) is 15.0 Å². The lowest BCUT2D eigenvalue weighted by Crippen LogP contribution is -2.25. The van der Waals surface area contributed by atoms with E-state index in [9.17, 15) is 17.1 Å². The molecule has 0 N–H and O–H groups in total. The number of aromatic nitrogens is 1. The first-order valence-electron chi connectivity index (χ1n) is 5.30. The lowest BCUT2D eigenvalue weighted by Gasteiger charge is -2.16. The van der Waals surface area contributed by atoms with E-state index in [0.29, 0.717) is 10.2 Å². The summed E-state index contributed by atoms with van der Waals surface area (Å²) in [6.07, 6.45) is 1.42. The van der Waals surface area contributed by atoms with Crippen molar-refractivity contribution in [2.24, 2.45) is 5.92 Å². The Bertz CT molecular complexity index is 625. The monoisotopic (exact) mass is 370 g/mol. The molecule has 19 heavy (non-hydrogen) atoms. The number of carbonyl (C=O) groups is 1. The standard InChI is InChI=1S/C10H9BrClFN2O3S/c11-8-2-7(3-14-10(8)12)15-4-6(1-9(15)16)5-19(13,17)18/h2-3,6H,1,4-5H2. The number of rotatable bonds is 3. The number of pyridine rings is 1. The van der Waals surface area contributed by atoms with Gasteiger partial charge >= 0.3 is 10.2 Å². The molecule has 1 saturated heterocycles. The number of hydrogen-bond donors (Lipinski definition) is 0. The zero-order chi connectivity index (χ0) is 14.2. The number of carbonyl (C=O) groups excluding carboxylic acids is 1. The Morgan fingerprint density at radius 1 is 1.58 bits per heavy atom. The Morgan fingerprint density at radius 3 is 2.84 bits per heavy atom. The van der Waals surface area contributed by atoms with Crippen LogP contribution in [0.3, 0.4) is 0 Å². The molecule has 104 valence electrons. The van der Waals surface area contributed by atoms with Crippen molar-refractivity contribution < 1.29 is 17.1 Å². The van der Waals surface area contributed by atoms with E-state index in [1.807, 2.05) is 0 Å². The molecule has 9 heteroatoms. The molecule has 1 fully saturated rings. The van der Waals surface area contributed by atoms with Gasteiger partial charge < -0.3 is 4.90 Å². The van der Waals surface area contributed by atoms with Gasteiger partial charge in [-0.05, 0) is 22.0 Å². The fourth-order valence-corrected chi connectivity index (χ4v) is 3.21. The maximum Gasteiger partial charge on any atom is 0.302 e. The van der Waals surface area contributed by atoms with E-state index in [1.165, 1.54) is 11.1 Å². The van der Waals surface area contributed by atoms with Crippen LogP contribution in [0.1, 0.15) is 6.42 Å². The molecular formula is C10H9BrClFN2O3S. The molecular weight excluding hydrogens is 363 g/mol. The Morgan fingerprint density at radius 2 is 2.26 bits per heavy atom. The highest BCUT2D eigenvalue weighted by atomic mass is 79.9. The molecule has 0 aromatic carbocycles. The van der Waals surface area contributed by atoms with E-state index >= 15 is 0 Å². The summed E-state index contributed by atoms with van der Waals surface area (Å²) >= 11 is 8.94. The summed E-state index contributed by atoms with van der Waals surface area (Å²) in [4.78, 5) is 17.1. The number of anilines is 1. The third-order valence-electron chi connectivity index (χ3n) is 2.73. The van der Waals surface area contributed by atoms with Crippen molar-refractivity contribution in [3.05, 3.63) is 21.9 Å². The SMILES string of the molecule is O=C1CC(CS(=O)(=O)F)CN1c1cnc(Cl)c(Br)c1. The first-order valence-corrected chi connectivity index (χ1v) is 8.02. The molecule has 1 aromatic rings. The fraction of sp³-hybridized carbons (Fsp3) is 0.400. The molecule has 1 unspecified atom stereocenters. The summed E-state index contributed by atoms with van der Waals surface area (Å²) < 4.78 is 34.4. The molecule has 5 nitrogen and oxygen atoms in total. The molecule has 2 rings (SSSR count). The first-order chi connectivity index (χ1) is 8.76. The second-order valence-electron chi connectivity index (χ2n) is 4.25. The van der Waals surface area contributed by atoms with Gasteiger partial charge in [-0.3, -0.25) is 4.79 Å². The van der Waals surface area contributed by atoms with E-state index in [1.54, 1.807) is 6.07 Å². The van der Waals surface area contributed by atoms with Crippen molar-refractivity contribution in [2.75, 3.05) is 17.2 Å². The molecule has 2 heterocycles. The van der Waals surface area contributed by atoms with Crippen molar-refractivity contribution >= 4 is 49.3 Å². The van der Waals surface area contributed by atoms with Gasteiger partial charge in [0, 0.05) is 18.9 Å². The normalized spacial score (nSPS) is 20.1. The number of halogens is 3. The van der Waals surface area contributed by atoms with Crippen LogP contribution in [0.5, 0.6) is 0 Å². The highest BCUT2D eigenvalue weighted by Crippen LogP contribution is 2.30. The van der Waals surface area contributed by atoms with Gasteiger partial charge in [0.05, 0.1) is 22.1 Å². The van der Waals surface area contributed by atoms with Crippen LogP contribution in [0.4, 0.5) is 9.57 Å². The summed E-state index contributed by atoms with van der Waals surface area (Å²) in [6.45, 7) is 0.151. The Labute approximate surface area is 123 Å². The smallest absolute Gasteiger partial charge is 0.302 e. The molecule has 1 aliphatic rings. The third-order valence-corrected chi connectivity index (χ3v) is 4.74. The predicted octanol–water partition coefficient (Wildman–Crippen LogP) is 2.15. The number of nitrogens with zero attached hydrogens (tertiary/aromatic N) is 2. The van der Waals surface area contributed by atoms with Gasteiger partial charge in [0.2, 0.25) is 5.91 Å². The summed E-state index contributed by atoms with van der Waals surface area (Å²) in [5, 5.41) is 0.262. The van der Waals surface area contributed by atoms with Crippen molar-refractivity contribution in [1.82, 2.24) is 4.98 Å². The quantitative estimate of drug-likeness (QED) is 0.603. The molecule has 1 amide bonds. The van der Waals surface area contributed by atoms with E-state index in [2.05, 4.69) is 20.9 Å². The van der Waals surface area contributed by atoms with Gasteiger partial charge in [0.15, 0.2) is 0 Å². The van der Waals surface area contributed by atoms with Crippen molar-refractivity contribution in [3.8, 4) is 0 Å². The molecule has 0 spiro atoms. The largest absolute Gasteiger partial charge is 0.311 e. The van der Waals surface area contributed by atoms with E-state index < -0.39 is 21.9 Å². The lowest BCUT2D eigenvalue weighted by atomic mass is 10.1. The van der Waals surface area contributed by atoms with Crippen LogP contribution in [0.2, 0.25) is 5.15 Å². The minimum atomic E-state index is -4.58. The van der Waals surface area contributed by atoms with Gasteiger partial charge in [0.25, 0.3) is 0 Å². The van der Waals surface area contributed by atoms with Crippen LogP contribution >= 0.6 is 27.5 Å². The van der Waals surface area contributed by atoms with Gasteiger partial charge in [0.1, 0.15) is 5.15 Å². The first kappa shape index (κ1) is 14.7. The van der Waals surface area contributed by atoms with Crippen LogP contribution in [0.25, 0.3) is 0 Å². The lowest BCUT2D eigenvalue weighted by molar-refractivity contribution is -0.117. The minimum Gasteiger partial charge on any atom is -0.311 e. The Kier molecular flexibility index (Phi) is 4.12. The maximum absolute atomic E-state index is 12.6. The molecule has 0 radical (unpaired) electrons. The second-order valence-corrected chi connectivity index (χ2v) is 6.87. The zero-order valence-corrected chi connectivity index (χ0v) is 12.7. The molecule has 1 aromatic heterocycles. The van der Waals surface area contributed by atoms with Gasteiger partial charge in [-0.2, -0.15) is 8.42 Å². The van der Waals surface area contributed by atoms with Gasteiger partial charge in [-0.25, -0.2) is 4.98 Å². The van der Waals surface area contributed by atoms with Crippen molar-refractivity contribution in [2.45, 2.75) is 6.42 Å². The molecule has 0 aliphatic carbocycles. The molecule has 1 aliphatic heterocycles. The van der Waals surface area contributed by atoms with Crippen molar-refractivity contribution in [1.29, 1.82) is 0 Å². The number of hydrogen-bond acceptors (Lipinski definition) is 4. The Hall–Kier alpha value is -0.730. The summed E-state index contributed by atoms with van der Waals surface area (Å²) in [7, 11) is -4.58. The van der Waals surface area contributed by atoms with Crippen molar-refractivity contribution in [3.63, 3.8) is 0 Å². The van der Waals surface area contributed by atoms with Crippen LogP contribution in [0.15, 0.2) is 16.7 Å². The maximum atomic E-state index is 12.6. The minimum absolute atomic E-state index is 0.00337. The van der Waals surface area contributed by atoms with Crippen LogP contribution in [-0.4, -0.2) is 31.6 Å². The highest BCUT2D eigenvalue weighted by molar-refractivity contribution is 9.10. The highest BCUT2D eigenvalue weighted by Gasteiger charge is 2.33. The van der Waals surface area contributed by atoms with E-state index in [-0.39, 0.29) is 24.0 Å². The van der Waals surface area contributed by atoms with E-state index in [4.69, 9.17) is 11.6 Å². The predicted molar refractivity (Wildman–Crippen MR) is 72.3 cm³/mol.